The Balaban J connectivity index is 1.66. The van der Waals surface area contributed by atoms with Crippen LogP contribution in [0.5, 0.6) is 0 Å². The molecule has 0 bridgehead atoms. The number of nitrogens with one attached hydrogen (secondary N) is 2. The number of aryl methyl sites for hydroxylation is 1. The van der Waals surface area contributed by atoms with Crippen molar-refractivity contribution in [1.29, 1.82) is 5.26 Å². The number of rotatable bonds is 4. The first-order valence-corrected chi connectivity index (χ1v) is 7.83. The highest BCUT2D eigenvalue weighted by atomic mass is 16.2. The van der Waals surface area contributed by atoms with Crippen molar-refractivity contribution < 1.29 is 4.79 Å². The van der Waals surface area contributed by atoms with Crippen LogP contribution in [-0.4, -0.2) is 11.9 Å². The van der Waals surface area contributed by atoms with Gasteiger partial charge in [-0.3, -0.25) is 10.1 Å². The number of carbonyl (C=O) groups is 1. The first-order chi connectivity index (χ1) is 11.2. The summed E-state index contributed by atoms with van der Waals surface area (Å²) in [6.07, 6.45) is 2.05. The Labute approximate surface area is 136 Å². The predicted molar refractivity (Wildman–Crippen MR) is 89.9 cm³/mol. The molecule has 4 heteroatoms. The topological polar surface area (TPSA) is 64.9 Å². The van der Waals surface area contributed by atoms with Gasteiger partial charge >= 0.3 is 0 Å². The van der Waals surface area contributed by atoms with Crippen LogP contribution in [0.1, 0.15) is 36.1 Å². The zero-order valence-electron chi connectivity index (χ0n) is 13.0. The number of fused-ring (bicyclic) bond motifs is 1. The van der Waals surface area contributed by atoms with Crippen LogP contribution >= 0.6 is 0 Å². The number of hydrogen-bond donors (Lipinski definition) is 2. The molecule has 1 aliphatic carbocycles. The summed E-state index contributed by atoms with van der Waals surface area (Å²) in [6.45, 7) is 1.85. The fourth-order valence-corrected chi connectivity index (χ4v) is 3.04. The average Bonchev–Trinajstić information content (AvgIpc) is 2.98. The highest BCUT2D eigenvalue weighted by Crippen LogP contribution is 2.31. The maximum atomic E-state index is 12.4. The van der Waals surface area contributed by atoms with E-state index < -0.39 is 0 Å². The molecule has 1 aliphatic rings. The van der Waals surface area contributed by atoms with Crippen LogP contribution in [0.15, 0.2) is 48.5 Å². The summed E-state index contributed by atoms with van der Waals surface area (Å²) in [5.41, 5.74) is 3.66. The van der Waals surface area contributed by atoms with Gasteiger partial charge in [-0.25, -0.2) is 0 Å². The van der Waals surface area contributed by atoms with E-state index in [4.69, 9.17) is 5.26 Å². The zero-order valence-corrected chi connectivity index (χ0v) is 13.0. The molecule has 2 N–H and O–H groups in total. The summed E-state index contributed by atoms with van der Waals surface area (Å²) < 4.78 is 0. The summed E-state index contributed by atoms with van der Waals surface area (Å²) in [4.78, 5) is 12.4. The Kier molecular flexibility index (Phi) is 4.40. The first-order valence-electron chi connectivity index (χ1n) is 7.83. The molecule has 0 radical (unpaired) electrons. The third-order valence-corrected chi connectivity index (χ3v) is 4.28. The highest BCUT2D eigenvalue weighted by molar-refractivity contribution is 5.95. The zero-order chi connectivity index (χ0) is 16.2. The number of nitrogens with zero attached hydrogens (tertiary/aromatic N) is 1. The third kappa shape index (κ3) is 3.25. The van der Waals surface area contributed by atoms with Gasteiger partial charge in [0.2, 0.25) is 5.91 Å². The van der Waals surface area contributed by atoms with Gasteiger partial charge in [0.1, 0.15) is 6.07 Å². The monoisotopic (exact) mass is 305 g/mol. The summed E-state index contributed by atoms with van der Waals surface area (Å²) >= 11 is 0. The fraction of sp³-hybridized carbons (Fsp3) is 0.263. The second kappa shape index (κ2) is 6.64. The smallest absolute Gasteiger partial charge is 0.241 e. The summed E-state index contributed by atoms with van der Waals surface area (Å²) in [5.74, 6) is -0.128. The number of amides is 1. The van der Waals surface area contributed by atoms with Gasteiger partial charge in [0, 0.05) is 6.04 Å². The lowest BCUT2D eigenvalue weighted by Crippen LogP contribution is -2.39. The van der Waals surface area contributed by atoms with Crippen LogP contribution in [0, 0.1) is 11.3 Å². The molecule has 0 aliphatic heterocycles. The molecule has 4 nitrogen and oxygen atoms in total. The lowest BCUT2D eigenvalue weighted by atomic mass is 10.1. The lowest BCUT2D eigenvalue weighted by Gasteiger charge is -2.20. The minimum absolute atomic E-state index is 0.128. The van der Waals surface area contributed by atoms with Gasteiger partial charge in [0.25, 0.3) is 0 Å². The average molecular weight is 305 g/mol. The van der Waals surface area contributed by atoms with E-state index in [-0.39, 0.29) is 18.0 Å². The number of benzene rings is 2. The Morgan fingerprint density at radius 2 is 1.96 bits per heavy atom. The lowest BCUT2D eigenvalue weighted by molar-refractivity contribution is -0.118. The Morgan fingerprint density at radius 1 is 1.22 bits per heavy atom. The van der Waals surface area contributed by atoms with Crippen molar-refractivity contribution in [1.82, 2.24) is 5.32 Å². The molecule has 0 saturated carbocycles. The van der Waals surface area contributed by atoms with Gasteiger partial charge in [-0.2, -0.15) is 5.26 Å². The molecule has 2 aromatic carbocycles. The molecular weight excluding hydrogens is 286 g/mol. The molecule has 0 spiro atoms. The number of nitriles is 1. The second-order valence-corrected chi connectivity index (χ2v) is 5.83. The molecule has 0 heterocycles. The van der Waals surface area contributed by atoms with Gasteiger partial charge < -0.3 is 5.32 Å². The molecule has 0 saturated heterocycles. The quantitative estimate of drug-likeness (QED) is 0.912. The largest absolute Gasteiger partial charge is 0.324 e. The number of carbonyl (C=O) groups excluding carboxylic acids is 1. The van der Waals surface area contributed by atoms with Gasteiger partial charge in [0.15, 0.2) is 0 Å². The van der Waals surface area contributed by atoms with Crippen molar-refractivity contribution >= 4 is 11.6 Å². The fourth-order valence-electron chi connectivity index (χ4n) is 3.04. The second-order valence-electron chi connectivity index (χ2n) is 5.83. The predicted octanol–water partition coefficient (Wildman–Crippen LogP) is 3.16. The number of para-hydroxylation sites is 1. The van der Waals surface area contributed by atoms with E-state index in [1.807, 2.05) is 19.1 Å². The van der Waals surface area contributed by atoms with Gasteiger partial charge in [0.05, 0.1) is 17.3 Å². The van der Waals surface area contributed by atoms with E-state index in [0.29, 0.717) is 11.3 Å². The first kappa shape index (κ1) is 15.3. The van der Waals surface area contributed by atoms with E-state index in [9.17, 15) is 4.79 Å². The van der Waals surface area contributed by atoms with E-state index >= 15 is 0 Å². The molecule has 2 atom stereocenters. The molecule has 0 aromatic heterocycles. The summed E-state index contributed by atoms with van der Waals surface area (Å²) in [6, 6.07) is 17.3. The SMILES string of the molecule is CC(NC1CCc2ccccc21)C(=O)Nc1ccccc1C#N. The maximum absolute atomic E-state index is 12.4. The van der Waals surface area contributed by atoms with Crippen molar-refractivity contribution in [3.05, 3.63) is 65.2 Å². The number of anilines is 1. The Bertz CT molecular complexity index is 763. The van der Waals surface area contributed by atoms with Crippen molar-refractivity contribution in [3.8, 4) is 6.07 Å². The highest BCUT2D eigenvalue weighted by Gasteiger charge is 2.25. The van der Waals surface area contributed by atoms with Gasteiger partial charge in [-0.1, -0.05) is 36.4 Å². The normalized spacial score (nSPS) is 17.1. The Morgan fingerprint density at radius 3 is 2.78 bits per heavy atom. The maximum Gasteiger partial charge on any atom is 0.241 e. The minimum Gasteiger partial charge on any atom is -0.324 e. The van der Waals surface area contributed by atoms with E-state index in [2.05, 4.69) is 34.9 Å². The van der Waals surface area contributed by atoms with Crippen LogP contribution in [0.25, 0.3) is 0 Å². The summed E-state index contributed by atoms with van der Waals surface area (Å²) in [7, 11) is 0. The van der Waals surface area contributed by atoms with E-state index in [0.717, 1.165) is 12.8 Å². The van der Waals surface area contributed by atoms with Crippen LogP contribution in [0.3, 0.4) is 0 Å². The molecule has 0 fully saturated rings. The van der Waals surface area contributed by atoms with Crippen molar-refractivity contribution in [2.45, 2.75) is 31.8 Å². The van der Waals surface area contributed by atoms with Crippen molar-refractivity contribution in [2.24, 2.45) is 0 Å². The van der Waals surface area contributed by atoms with Crippen LogP contribution in [-0.2, 0) is 11.2 Å². The molecular formula is C19H19N3O. The van der Waals surface area contributed by atoms with E-state index in [1.165, 1.54) is 11.1 Å². The summed E-state index contributed by atoms with van der Waals surface area (Å²) in [5, 5.41) is 15.3. The third-order valence-electron chi connectivity index (χ3n) is 4.28. The number of hydrogen-bond acceptors (Lipinski definition) is 3. The molecule has 1 amide bonds. The van der Waals surface area contributed by atoms with Crippen LogP contribution in [0.2, 0.25) is 0 Å². The van der Waals surface area contributed by atoms with Crippen molar-refractivity contribution in [3.63, 3.8) is 0 Å². The van der Waals surface area contributed by atoms with E-state index in [1.54, 1.807) is 18.2 Å². The molecule has 2 unspecified atom stereocenters. The van der Waals surface area contributed by atoms with Crippen LogP contribution < -0.4 is 10.6 Å². The standard InChI is InChI=1S/C19H19N3O/c1-13(19(23)22-17-9-5-3-7-15(17)12-20)21-18-11-10-14-6-2-4-8-16(14)18/h2-9,13,18,21H,10-11H2,1H3,(H,22,23). The van der Waals surface area contributed by atoms with Gasteiger partial charge in [-0.05, 0) is 43.0 Å². The molecule has 23 heavy (non-hydrogen) atoms. The van der Waals surface area contributed by atoms with Gasteiger partial charge in [-0.15, -0.1) is 0 Å². The molecule has 116 valence electrons. The minimum atomic E-state index is -0.335. The van der Waals surface area contributed by atoms with Crippen molar-refractivity contribution in [2.75, 3.05) is 5.32 Å². The molecule has 2 aromatic rings. The Hall–Kier alpha value is -2.64. The molecule has 3 rings (SSSR count). The van der Waals surface area contributed by atoms with Crippen LogP contribution in [0.4, 0.5) is 5.69 Å².